The molecule has 2 aliphatic rings. The molecule has 3 nitrogen and oxygen atoms in total. The summed E-state index contributed by atoms with van der Waals surface area (Å²) in [6.45, 7) is 8.69. The molecule has 0 saturated carbocycles. The van der Waals surface area contributed by atoms with Crippen molar-refractivity contribution in [2.75, 3.05) is 6.61 Å². The second-order valence-corrected chi connectivity index (χ2v) is 6.52. The Kier molecular flexibility index (Phi) is 1.98. The fourth-order valence-corrected chi connectivity index (χ4v) is 3.76. The standard InChI is InChI=1S/C15H18O3/c1-8-10(16)5-9-12-11(8)13(17)18-7-15(12,4)6-14(9,2)3/h5,16H,6-7H2,1-4H3. The molecular weight excluding hydrogens is 228 g/mol. The van der Waals surface area contributed by atoms with Crippen molar-refractivity contribution in [3.63, 3.8) is 0 Å². The van der Waals surface area contributed by atoms with Crippen molar-refractivity contribution in [1.29, 1.82) is 0 Å². The van der Waals surface area contributed by atoms with E-state index >= 15 is 0 Å². The summed E-state index contributed by atoms with van der Waals surface area (Å²) in [7, 11) is 0. The lowest BCUT2D eigenvalue weighted by atomic mass is 9.78. The van der Waals surface area contributed by atoms with E-state index in [0.717, 1.165) is 17.5 Å². The Morgan fingerprint density at radius 2 is 2.00 bits per heavy atom. The average molecular weight is 246 g/mol. The summed E-state index contributed by atoms with van der Waals surface area (Å²) in [5.74, 6) is -0.102. The van der Waals surface area contributed by atoms with Crippen LogP contribution in [0.4, 0.5) is 0 Å². The average Bonchev–Trinajstić information content (AvgIpc) is 2.46. The normalized spacial score (nSPS) is 27.9. The Bertz CT molecular complexity index is 572. The molecule has 1 aliphatic carbocycles. The molecule has 3 heteroatoms. The summed E-state index contributed by atoms with van der Waals surface area (Å²) in [4.78, 5) is 12.0. The van der Waals surface area contributed by atoms with Crippen LogP contribution >= 0.6 is 0 Å². The molecule has 0 spiro atoms. The topological polar surface area (TPSA) is 46.5 Å². The lowest BCUT2D eigenvalue weighted by Crippen LogP contribution is -2.35. The van der Waals surface area contributed by atoms with Gasteiger partial charge in [-0.3, -0.25) is 0 Å². The first-order valence-corrected chi connectivity index (χ1v) is 6.31. The second kappa shape index (κ2) is 3.08. The minimum atomic E-state index is -0.296. The van der Waals surface area contributed by atoms with Crippen LogP contribution in [-0.4, -0.2) is 17.7 Å². The molecule has 0 fully saturated rings. The van der Waals surface area contributed by atoms with E-state index in [1.807, 2.05) is 6.07 Å². The number of hydrogen-bond donors (Lipinski definition) is 1. The minimum Gasteiger partial charge on any atom is -0.508 e. The van der Waals surface area contributed by atoms with E-state index in [0.29, 0.717) is 17.7 Å². The van der Waals surface area contributed by atoms with Crippen LogP contribution in [0.5, 0.6) is 5.75 Å². The number of benzene rings is 1. The van der Waals surface area contributed by atoms with Crippen LogP contribution in [0.1, 0.15) is 54.2 Å². The van der Waals surface area contributed by atoms with Gasteiger partial charge in [0.25, 0.3) is 0 Å². The first-order valence-electron chi connectivity index (χ1n) is 6.31. The highest BCUT2D eigenvalue weighted by Crippen LogP contribution is 2.54. The number of carbonyl (C=O) groups is 1. The molecular formula is C15H18O3. The van der Waals surface area contributed by atoms with Gasteiger partial charge in [-0.25, -0.2) is 4.79 Å². The summed E-state index contributed by atoms with van der Waals surface area (Å²) in [5.41, 5.74) is 3.28. The molecule has 18 heavy (non-hydrogen) atoms. The monoisotopic (exact) mass is 246 g/mol. The van der Waals surface area contributed by atoms with E-state index in [9.17, 15) is 9.90 Å². The van der Waals surface area contributed by atoms with Gasteiger partial charge in [-0.2, -0.15) is 0 Å². The summed E-state index contributed by atoms with van der Waals surface area (Å²) in [6.07, 6.45) is 0.943. The van der Waals surface area contributed by atoms with Crippen LogP contribution in [0.15, 0.2) is 6.07 Å². The van der Waals surface area contributed by atoms with Gasteiger partial charge in [-0.15, -0.1) is 0 Å². The molecule has 0 amide bonds. The highest BCUT2D eigenvalue weighted by Gasteiger charge is 2.51. The number of phenolic OH excluding ortho intramolecular Hbond substituents is 1. The van der Waals surface area contributed by atoms with Gasteiger partial charge in [0.2, 0.25) is 0 Å². The van der Waals surface area contributed by atoms with Crippen molar-refractivity contribution >= 4 is 5.97 Å². The van der Waals surface area contributed by atoms with Crippen molar-refractivity contribution in [2.24, 2.45) is 0 Å². The molecule has 0 saturated heterocycles. The highest BCUT2D eigenvalue weighted by atomic mass is 16.5. The zero-order valence-electron chi connectivity index (χ0n) is 11.3. The molecule has 0 radical (unpaired) electrons. The van der Waals surface area contributed by atoms with Gasteiger partial charge in [0.1, 0.15) is 12.4 Å². The smallest absolute Gasteiger partial charge is 0.338 e. The number of aromatic hydroxyl groups is 1. The number of esters is 1. The van der Waals surface area contributed by atoms with Crippen LogP contribution in [0.2, 0.25) is 0 Å². The zero-order chi connectivity index (χ0) is 13.3. The van der Waals surface area contributed by atoms with Crippen molar-refractivity contribution in [1.82, 2.24) is 0 Å². The fraction of sp³-hybridized carbons (Fsp3) is 0.533. The van der Waals surface area contributed by atoms with E-state index in [2.05, 4.69) is 20.8 Å². The summed E-state index contributed by atoms with van der Waals surface area (Å²) in [5, 5.41) is 10.0. The predicted molar refractivity (Wildman–Crippen MR) is 68.1 cm³/mol. The molecule has 96 valence electrons. The molecule has 1 unspecified atom stereocenters. The number of phenols is 1. The SMILES string of the molecule is Cc1c(O)cc2c3c1C(=O)OCC3(C)CC2(C)C. The minimum absolute atomic E-state index is 0.0298. The van der Waals surface area contributed by atoms with Crippen LogP contribution < -0.4 is 0 Å². The molecule has 3 rings (SSSR count). The lowest BCUT2D eigenvalue weighted by molar-refractivity contribution is 0.0346. The molecule has 1 N–H and O–H groups in total. The van der Waals surface area contributed by atoms with Gasteiger partial charge in [-0.1, -0.05) is 20.8 Å². The molecule has 1 heterocycles. The van der Waals surface area contributed by atoms with E-state index < -0.39 is 0 Å². The van der Waals surface area contributed by atoms with Crippen molar-refractivity contribution < 1.29 is 14.6 Å². The second-order valence-electron chi connectivity index (χ2n) is 6.52. The Labute approximate surface area is 107 Å². The molecule has 0 aromatic heterocycles. The maximum absolute atomic E-state index is 12.0. The molecule has 1 aromatic carbocycles. The summed E-state index contributed by atoms with van der Waals surface area (Å²) in [6, 6.07) is 1.83. The van der Waals surface area contributed by atoms with Crippen molar-refractivity contribution in [3.8, 4) is 5.75 Å². The Morgan fingerprint density at radius 3 is 2.67 bits per heavy atom. The first-order chi connectivity index (χ1) is 8.26. The number of rotatable bonds is 0. The maximum Gasteiger partial charge on any atom is 0.338 e. The number of ether oxygens (including phenoxy) is 1. The van der Waals surface area contributed by atoms with Gasteiger partial charge in [0, 0.05) is 11.0 Å². The van der Waals surface area contributed by atoms with Crippen molar-refractivity contribution in [3.05, 3.63) is 28.3 Å². The number of hydrogen-bond acceptors (Lipinski definition) is 3. The summed E-state index contributed by atoms with van der Waals surface area (Å²) >= 11 is 0. The van der Waals surface area contributed by atoms with E-state index in [1.54, 1.807) is 6.92 Å². The van der Waals surface area contributed by atoms with Crippen molar-refractivity contribution in [2.45, 2.75) is 44.9 Å². The molecule has 0 bridgehead atoms. The third-order valence-electron chi connectivity index (χ3n) is 4.45. The van der Waals surface area contributed by atoms with Gasteiger partial charge >= 0.3 is 5.97 Å². The zero-order valence-corrected chi connectivity index (χ0v) is 11.3. The van der Waals surface area contributed by atoms with E-state index in [1.165, 1.54) is 0 Å². The summed E-state index contributed by atoms with van der Waals surface area (Å²) < 4.78 is 5.32. The van der Waals surface area contributed by atoms with Crippen LogP contribution in [-0.2, 0) is 15.6 Å². The first kappa shape index (κ1) is 11.6. The highest BCUT2D eigenvalue weighted by molar-refractivity contribution is 5.96. The van der Waals surface area contributed by atoms with Gasteiger partial charge in [0.05, 0.1) is 5.56 Å². The number of carbonyl (C=O) groups excluding carboxylic acids is 1. The Balaban J connectivity index is 2.43. The third-order valence-corrected chi connectivity index (χ3v) is 4.45. The predicted octanol–water partition coefficient (Wildman–Crippen LogP) is 2.81. The molecule has 1 aromatic rings. The number of cyclic esters (lactones) is 1. The van der Waals surface area contributed by atoms with Gasteiger partial charge in [0.15, 0.2) is 0 Å². The Hall–Kier alpha value is -1.51. The quantitative estimate of drug-likeness (QED) is 0.716. The third kappa shape index (κ3) is 1.22. The molecule has 1 atom stereocenters. The fourth-order valence-electron chi connectivity index (χ4n) is 3.76. The van der Waals surface area contributed by atoms with E-state index in [-0.39, 0.29) is 22.5 Å². The van der Waals surface area contributed by atoms with Crippen LogP contribution in [0.25, 0.3) is 0 Å². The van der Waals surface area contributed by atoms with E-state index in [4.69, 9.17) is 4.74 Å². The Morgan fingerprint density at radius 1 is 1.33 bits per heavy atom. The van der Waals surface area contributed by atoms with Crippen LogP contribution in [0, 0.1) is 6.92 Å². The van der Waals surface area contributed by atoms with Gasteiger partial charge in [-0.05, 0) is 36.0 Å². The largest absolute Gasteiger partial charge is 0.508 e. The van der Waals surface area contributed by atoms with Gasteiger partial charge < -0.3 is 9.84 Å². The molecule has 1 aliphatic heterocycles. The lowest BCUT2D eigenvalue weighted by Gasteiger charge is -2.32. The van der Waals surface area contributed by atoms with Crippen LogP contribution in [0.3, 0.4) is 0 Å². The maximum atomic E-state index is 12.0.